The first-order valence-electron chi connectivity index (χ1n) is 8.79. The molecule has 2 amide bonds. The molecular weight excluding hydrogens is 396 g/mol. The molecule has 5 rings (SSSR count). The average molecular weight is 417 g/mol. The van der Waals surface area contributed by atoms with Gasteiger partial charge in [-0.1, -0.05) is 45.9 Å². The summed E-state index contributed by atoms with van der Waals surface area (Å²) in [4.78, 5) is 29.4. The highest BCUT2D eigenvalue weighted by Crippen LogP contribution is 2.47. The van der Waals surface area contributed by atoms with Crippen molar-refractivity contribution in [3.8, 4) is 11.5 Å². The third-order valence-corrected chi connectivity index (χ3v) is 7.63. The first kappa shape index (κ1) is 19.0. The lowest BCUT2D eigenvalue weighted by Gasteiger charge is -2.48. The SMILES string of the molecule is COc1ccc(CN2C(=O)[C@@H]3SS[C@@H]2C(=O)N3Cc2ccc(OC)cc2)cc1. The normalized spacial score (nSPS) is 21.2. The van der Waals surface area contributed by atoms with Gasteiger partial charge in [-0.15, -0.1) is 0 Å². The van der Waals surface area contributed by atoms with Gasteiger partial charge in [-0.2, -0.15) is 0 Å². The maximum absolute atomic E-state index is 13.0. The lowest BCUT2D eigenvalue weighted by molar-refractivity contribution is -0.155. The molecule has 28 heavy (non-hydrogen) atoms. The van der Waals surface area contributed by atoms with E-state index < -0.39 is 10.7 Å². The molecular formula is C20H20N2O4S2. The minimum Gasteiger partial charge on any atom is -0.497 e. The summed E-state index contributed by atoms with van der Waals surface area (Å²) < 4.78 is 10.4. The van der Waals surface area contributed by atoms with Gasteiger partial charge in [0, 0.05) is 13.1 Å². The fourth-order valence-electron chi connectivity index (χ4n) is 3.25. The number of nitrogens with zero attached hydrogens (tertiary/aromatic N) is 2. The highest BCUT2D eigenvalue weighted by molar-refractivity contribution is 8.77. The summed E-state index contributed by atoms with van der Waals surface area (Å²) in [7, 11) is 6.17. The Hall–Kier alpha value is -2.32. The third-order valence-electron chi connectivity index (χ3n) is 4.82. The van der Waals surface area contributed by atoms with Crippen LogP contribution < -0.4 is 9.47 Å². The van der Waals surface area contributed by atoms with Gasteiger partial charge in [0.2, 0.25) is 0 Å². The number of carbonyl (C=O) groups is 2. The minimum absolute atomic E-state index is 0.0160. The number of rotatable bonds is 6. The Labute approximate surface area is 171 Å². The summed E-state index contributed by atoms with van der Waals surface area (Å²) in [6, 6.07) is 15.1. The van der Waals surface area contributed by atoms with Gasteiger partial charge in [0.1, 0.15) is 11.5 Å². The fraction of sp³-hybridized carbons (Fsp3) is 0.300. The Morgan fingerprint density at radius 3 is 1.39 bits per heavy atom. The van der Waals surface area contributed by atoms with Crippen molar-refractivity contribution < 1.29 is 19.1 Å². The largest absolute Gasteiger partial charge is 0.497 e. The van der Waals surface area contributed by atoms with E-state index in [0.29, 0.717) is 13.1 Å². The lowest BCUT2D eigenvalue weighted by atomic mass is 10.1. The second-order valence-electron chi connectivity index (χ2n) is 6.53. The smallest absolute Gasteiger partial charge is 0.258 e. The zero-order valence-corrected chi connectivity index (χ0v) is 17.2. The molecule has 3 aliphatic rings. The van der Waals surface area contributed by atoms with Crippen molar-refractivity contribution in [2.75, 3.05) is 14.2 Å². The van der Waals surface area contributed by atoms with Crippen LogP contribution >= 0.6 is 21.6 Å². The molecule has 3 saturated heterocycles. The van der Waals surface area contributed by atoms with E-state index >= 15 is 0 Å². The van der Waals surface area contributed by atoms with Crippen LogP contribution in [0.3, 0.4) is 0 Å². The van der Waals surface area contributed by atoms with Gasteiger partial charge >= 0.3 is 0 Å². The second kappa shape index (κ2) is 7.97. The van der Waals surface area contributed by atoms with Crippen LogP contribution in [0.25, 0.3) is 0 Å². The molecule has 3 aliphatic heterocycles. The summed E-state index contributed by atoms with van der Waals surface area (Å²) in [5.74, 6) is 1.50. The Bertz CT molecular complexity index is 799. The predicted octanol–water partition coefficient (Wildman–Crippen LogP) is 3.12. The molecule has 2 bridgehead atoms. The van der Waals surface area contributed by atoms with E-state index in [1.54, 1.807) is 24.0 Å². The van der Waals surface area contributed by atoms with Crippen LogP contribution in [0.5, 0.6) is 11.5 Å². The van der Waals surface area contributed by atoms with Crippen molar-refractivity contribution in [1.82, 2.24) is 9.80 Å². The van der Waals surface area contributed by atoms with Crippen LogP contribution in [-0.4, -0.2) is 46.6 Å². The number of amides is 2. The molecule has 0 N–H and O–H groups in total. The molecule has 0 aliphatic carbocycles. The maximum atomic E-state index is 13.0. The highest BCUT2D eigenvalue weighted by Gasteiger charge is 2.51. The lowest BCUT2D eigenvalue weighted by Crippen LogP contribution is -2.64. The number of benzene rings is 2. The number of hydrogen-bond acceptors (Lipinski definition) is 6. The number of methoxy groups -OCH3 is 2. The second-order valence-corrected chi connectivity index (χ2v) is 8.96. The van der Waals surface area contributed by atoms with Crippen LogP contribution in [0.15, 0.2) is 48.5 Å². The predicted molar refractivity (Wildman–Crippen MR) is 110 cm³/mol. The van der Waals surface area contributed by atoms with E-state index in [1.165, 1.54) is 21.6 Å². The molecule has 0 radical (unpaired) electrons. The molecule has 6 nitrogen and oxygen atoms in total. The Kier molecular flexibility index (Phi) is 5.41. The molecule has 3 heterocycles. The summed E-state index contributed by atoms with van der Waals surface area (Å²) in [5, 5.41) is -0.995. The first-order valence-corrected chi connectivity index (χ1v) is 11.1. The molecule has 0 aromatic heterocycles. The molecule has 3 fully saturated rings. The summed E-state index contributed by atoms with van der Waals surface area (Å²) >= 11 is 0. The number of fused-ring (bicyclic) bond motifs is 3. The Balaban J connectivity index is 1.49. The van der Waals surface area contributed by atoms with Crippen molar-refractivity contribution >= 4 is 33.4 Å². The van der Waals surface area contributed by atoms with Gasteiger partial charge in [0.25, 0.3) is 11.8 Å². The van der Waals surface area contributed by atoms with Crippen molar-refractivity contribution in [3.63, 3.8) is 0 Å². The maximum Gasteiger partial charge on any atom is 0.258 e. The molecule has 2 atom stereocenters. The Morgan fingerprint density at radius 1 is 0.714 bits per heavy atom. The molecule has 8 heteroatoms. The van der Waals surface area contributed by atoms with E-state index in [-0.39, 0.29) is 11.8 Å². The van der Waals surface area contributed by atoms with E-state index in [4.69, 9.17) is 9.47 Å². The van der Waals surface area contributed by atoms with Crippen LogP contribution in [0.4, 0.5) is 0 Å². The number of hydrogen-bond donors (Lipinski definition) is 0. The van der Waals surface area contributed by atoms with Gasteiger partial charge in [-0.05, 0) is 35.4 Å². The van der Waals surface area contributed by atoms with Gasteiger partial charge in [-0.25, -0.2) is 0 Å². The van der Waals surface area contributed by atoms with E-state index in [9.17, 15) is 9.59 Å². The molecule has 0 unspecified atom stereocenters. The molecule has 2 aromatic rings. The van der Waals surface area contributed by atoms with Crippen LogP contribution in [0, 0.1) is 0 Å². The van der Waals surface area contributed by atoms with E-state index in [1.807, 2.05) is 48.5 Å². The minimum atomic E-state index is -0.497. The number of carbonyl (C=O) groups excluding carboxylic acids is 2. The Morgan fingerprint density at radius 2 is 1.07 bits per heavy atom. The highest BCUT2D eigenvalue weighted by atomic mass is 33.1. The number of piperazine rings is 1. The van der Waals surface area contributed by atoms with Gasteiger partial charge < -0.3 is 19.3 Å². The topological polar surface area (TPSA) is 59.1 Å². The monoisotopic (exact) mass is 416 g/mol. The summed E-state index contributed by atoms with van der Waals surface area (Å²) in [6.45, 7) is 0.833. The summed E-state index contributed by atoms with van der Waals surface area (Å²) in [5.41, 5.74) is 1.95. The molecule has 0 spiro atoms. The average Bonchev–Trinajstić information content (AvgIpc) is 2.73. The number of ether oxygens (including phenoxy) is 2. The zero-order chi connectivity index (χ0) is 19.7. The van der Waals surface area contributed by atoms with Gasteiger partial charge in [0.15, 0.2) is 10.7 Å². The zero-order valence-electron chi connectivity index (χ0n) is 15.5. The van der Waals surface area contributed by atoms with Gasteiger partial charge in [0.05, 0.1) is 14.2 Å². The first-order chi connectivity index (χ1) is 13.6. The molecule has 0 saturated carbocycles. The van der Waals surface area contributed by atoms with Crippen LogP contribution in [0.2, 0.25) is 0 Å². The fourth-order valence-corrected chi connectivity index (χ4v) is 6.21. The molecule has 146 valence electrons. The standard InChI is InChI=1S/C20H20N2O4S2/c1-25-15-7-3-13(4-8-15)11-21-17(23)20-22(18(24)19(21)27-28-20)12-14-5-9-16(26-2)10-6-14/h3-10,19-20H,11-12H2,1-2H3/t19-,20+. The summed E-state index contributed by atoms with van der Waals surface area (Å²) in [6.07, 6.45) is 0. The molecule has 2 aromatic carbocycles. The van der Waals surface area contributed by atoms with Crippen LogP contribution in [0.1, 0.15) is 11.1 Å². The van der Waals surface area contributed by atoms with Crippen molar-refractivity contribution in [2.45, 2.75) is 23.8 Å². The van der Waals surface area contributed by atoms with Crippen molar-refractivity contribution in [1.29, 1.82) is 0 Å². The van der Waals surface area contributed by atoms with E-state index in [2.05, 4.69) is 0 Å². The quantitative estimate of drug-likeness (QED) is 0.675. The van der Waals surface area contributed by atoms with Crippen molar-refractivity contribution in [3.05, 3.63) is 59.7 Å². The van der Waals surface area contributed by atoms with Crippen molar-refractivity contribution in [2.24, 2.45) is 0 Å². The third kappa shape index (κ3) is 3.54. The van der Waals surface area contributed by atoms with E-state index in [0.717, 1.165) is 22.6 Å². The van der Waals surface area contributed by atoms with Crippen LogP contribution in [-0.2, 0) is 22.7 Å². The van der Waals surface area contributed by atoms with Gasteiger partial charge in [-0.3, -0.25) is 9.59 Å².